The van der Waals surface area contributed by atoms with Crippen molar-refractivity contribution in [2.45, 2.75) is 96.7 Å². The second-order valence-corrected chi connectivity index (χ2v) is 9.47. The maximum absolute atomic E-state index is 12.1. The molecule has 0 bridgehead atoms. The van der Waals surface area contributed by atoms with Crippen LogP contribution in [0.3, 0.4) is 0 Å². The van der Waals surface area contributed by atoms with Crippen LogP contribution in [0.5, 0.6) is 0 Å². The molecule has 166 valence electrons. The number of rotatable bonds is 2. The molecule has 2 aliphatic rings. The van der Waals surface area contributed by atoms with Gasteiger partial charge in [0.1, 0.15) is 17.3 Å². The molecule has 0 aromatic carbocycles. The van der Waals surface area contributed by atoms with Gasteiger partial charge in [-0.25, -0.2) is 14.6 Å². The summed E-state index contributed by atoms with van der Waals surface area (Å²) in [5, 5.41) is 4.93. The predicted molar refractivity (Wildman–Crippen MR) is 108 cm³/mol. The largest absolute Gasteiger partial charge is 0.444 e. The van der Waals surface area contributed by atoms with Crippen molar-refractivity contribution >= 4 is 18.1 Å². The van der Waals surface area contributed by atoms with Gasteiger partial charge in [0, 0.05) is 12.8 Å². The molecule has 1 aliphatic carbocycles. The summed E-state index contributed by atoms with van der Waals surface area (Å²) < 4.78 is 22.5. The average molecular weight is 414 g/mol. The van der Waals surface area contributed by atoms with E-state index in [-0.39, 0.29) is 18.6 Å². The van der Waals surface area contributed by atoms with Crippen molar-refractivity contribution in [1.29, 1.82) is 0 Å². The molecular formula is C20H35N3O6. The molecule has 1 saturated carbocycles. The molecule has 1 saturated heterocycles. The normalized spacial score (nSPS) is 21.4. The zero-order chi connectivity index (χ0) is 21.7. The van der Waals surface area contributed by atoms with E-state index in [4.69, 9.17) is 18.9 Å². The van der Waals surface area contributed by atoms with Crippen LogP contribution in [-0.4, -0.2) is 54.4 Å². The van der Waals surface area contributed by atoms with Crippen molar-refractivity contribution in [1.82, 2.24) is 10.6 Å². The minimum Gasteiger partial charge on any atom is -0.444 e. The van der Waals surface area contributed by atoms with E-state index in [0.29, 0.717) is 6.61 Å². The summed E-state index contributed by atoms with van der Waals surface area (Å²) in [5.41, 5.74) is -1.37. The van der Waals surface area contributed by atoms with Crippen LogP contribution >= 0.6 is 0 Å². The van der Waals surface area contributed by atoms with Gasteiger partial charge in [-0.1, -0.05) is 6.42 Å². The topological polar surface area (TPSA) is 107 Å². The number of carbonyl (C=O) groups excluding carboxylic acids is 2. The Hall–Kier alpha value is -1.87. The SMILES string of the molecule is CC(C)(C)OC(=O)NC(=NCC1COC2(CCCCC2)O1)NC(=O)OC(C)(C)C. The van der Waals surface area contributed by atoms with Gasteiger partial charge in [-0.05, 0) is 54.4 Å². The number of amides is 2. The molecule has 1 aliphatic heterocycles. The Morgan fingerprint density at radius 2 is 1.48 bits per heavy atom. The van der Waals surface area contributed by atoms with Gasteiger partial charge in [-0.3, -0.25) is 10.6 Å². The first-order chi connectivity index (χ1) is 13.4. The zero-order valence-corrected chi connectivity index (χ0v) is 18.4. The third-order valence-electron chi connectivity index (χ3n) is 4.22. The van der Waals surface area contributed by atoms with Crippen molar-refractivity contribution in [3.63, 3.8) is 0 Å². The fraction of sp³-hybridized carbons (Fsp3) is 0.850. The third kappa shape index (κ3) is 8.57. The van der Waals surface area contributed by atoms with Crippen LogP contribution in [0, 0.1) is 0 Å². The predicted octanol–water partition coefficient (Wildman–Crippen LogP) is 3.47. The lowest BCUT2D eigenvalue weighted by Gasteiger charge is -2.31. The van der Waals surface area contributed by atoms with Gasteiger partial charge in [0.05, 0.1) is 13.2 Å². The summed E-state index contributed by atoms with van der Waals surface area (Å²) in [6, 6.07) is 0. The second kappa shape index (κ2) is 9.30. The highest BCUT2D eigenvalue weighted by Crippen LogP contribution is 2.37. The highest BCUT2D eigenvalue weighted by Gasteiger charge is 2.42. The van der Waals surface area contributed by atoms with Crippen molar-refractivity contribution in [3.8, 4) is 0 Å². The van der Waals surface area contributed by atoms with Gasteiger partial charge < -0.3 is 18.9 Å². The van der Waals surface area contributed by atoms with E-state index in [1.165, 1.54) is 6.42 Å². The van der Waals surface area contributed by atoms with E-state index in [9.17, 15) is 9.59 Å². The number of hydrogen-bond donors (Lipinski definition) is 2. The number of nitrogens with one attached hydrogen (secondary N) is 2. The molecule has 2 fully saturated rings. The van der Waals surface area contributed by atoms with Gasteiger partial charge >= 0.3 is 12.2 Å². The Morgan fingerprint density at radius 1 is 0.966 bits per heavy atom. The van der Waals surface area contributed by atoms with Crippen molar-refractivity contribution in [2.75, 3.05) is 13.2 Å². The quantitative estimate of drug-likeness (QED) is 0.530. The number of carbonyl (C=O) groups is 2. The van der Waals surface area contributed by atoms with Crippen LogP contribution in [0.4, 0.5) is 9.59 Å². The first kappa shape index (κ1) is 23.4. The van der Waals surface area contributed by atoms with E-state index in [1.54, 1.807) is 41.5 Å². The third-order valence-corrected chi connectivity index (χ3v) is 4.22. The molecule has 0 aromatic rings. The van der Waals surface area contributed by atoms with Crippen LogP contribution in [0.1, 0.15) is 73.6 Å². The van der Waals surface area contributed by atoms with E-state index >= 15 is 0 Å². The van der Waals surface area contributed by atoms with Crippen LogP contribution in [-0.2, 0) is 18.9 Å². The van der Waals surface area contributed by atoms with Crippen LogP contribution in [0.2, 0.25) is 0 Å². The van der Waals surface area contributed by atoms with Crippen LogP contribution in [0.15, 0.2) is 4.99 Å². The highest BCUT2D eigenvalue weighted by molar-refractivity contribution is 6.01. The molecule has 1 spiro atoms. The fourth-order valence-electron chi connectivity index (χ4n) is 3.16. The van der Waals surface area contributed by atoms with Gasteiger partial charge in [0.25, 0.3) is 0 Å². The highest BCUT2D eigenvalue weighted by atomic mass is 16.7. The summed E-state index contributed by atoms with van der Waals surface area (Å²) in [4.78, 5) is 28.5. The summed E-state index contributed by atoms with van der Waals surface area (Å²) in [6.07, 6.45) is 3.44. The van der Waals surface area contributed by atoms with Crippen molar-refractivity contribution < 1.29 is 28.5 Å². The van der Waals surface area contributed by atoms with Gasteiger partial charge in [-0.15, -0.1) is 0 Å². The fourth-order valence-corrected chi connectivity index (χ4v) is 3.16. The number of hydrogen-bond acceptors (Lipinski definition) is 7. The number of alkyl carbamates (subject to hydrolysis) is 2. The van der Waals surface area contributed by atoms with Gasteiger partial charge in [0.2, 0.25) is 5.96 Å². The van der Waals surface area contributed by atoms with Crippen LogP contribution < -0.4 is 10.6 Å². The van der Waals surface area contributed by atoms with Gasteiger partial charge in [-0.2, -0.15) is 0 Å². The number of nitrogens with zero attached hydrogens (tertiary/aromatic N) is 1. The first-order valence-electron chi connectivity index (χ1n) is 10.2. The van der Waals surface area contributed by atoms with E-state index in [2.05, 4.69) is 15.6 Å². The lowest BCUT2D eigenvalue weighted by molar-refractivity contribution is -0.186. The van der Waals surface area contributed by atoms with Crippen LogP contribution in [0.25, 0.3) is 0 Å². The summed E-state index contributed by atoms with van der Waals surface area (Å²) in [5.74, 6) is -0.558. The molecule has 1 heterocycles. The molecule has 2 amide bonds. The lowest BCUT2D eigenvalue weighted by Crippen LogP contribution is -2.47. The molecule has 9 heteroatoms. The Morgan fingerprint density at radius 3 is 1.97 bits per heavy atom. The Labute approximate surface area is 172 Å². The average Bonchev–Trinajstić information content (AvgIpc) is 2.92. The Kier molecular flexibility index (Phi) is 7.50. The molecule has 1 unspecified atom stereocenters. The maximum Gasteiger partial charge on any atom is 0.414 e. The molecule has 29 heavy (non-hydrogen) atoms. The number of aliphatic imine (C=N–C) groups is 1. The molecule has 2 N–H and O–H groups in total. The minimum atomic E-state index is -0.723. The first-order valence-corrected chi connectivity index (χ1v) is 10.2. The summed E-state index contributed by atoms with van der Waals surface area (Å²) >= 11 is 0. The molecule has 1 atom stereocenters. The molecule has 9 nitrogen and oxygen atoms in total. The molecule has 0 radical (unpaired) electrons. The minimum absolute atomic E-state index is 0.0540. The maximum atomic E-state index is 12.1. The van der Waals surface area contributed by atoms with Crippen molar-refractivity contribution in [3.05, 3.63) is 0 Å². The monoisotopic (exact) mass is 413 g/mol. The standard InChI is InChI=1S/C20H35N3O6/c1-18(2,3)28-16(24)22-15(23-17(25)29-19(4,5)6)21-12-14-13-26-20(27-14)10-8-7-9-11-20/h14H,7-13H2,1-6H3,(H2,21,22,23,24,25). The Bertz CT molecular complexity index is 583. The van der Waals surface area contributed by atoms with E-state index < -0.39 is 29.2 Å². The number of guanidine groups is 1. The van der Waals surface area contributed by atoms with E-state index in [0.717, 1.165) is 25.7 Å². The molecule has 0 aromatic heterocycles. The molecule has 2 rings (SSSR count). The zero-order valence-electron chi connectivity index (χ0n) is 18.4. The smallest absolute Gasteiger partial charge is 0.414 e. The number of ether oxygens (including phenoxy) is 4. The van der Waals surface area contributed by atoms with Gasteiger partial charge in [0.15, 0.2) is 5.79 Å². The van der Waals surface area contributed by atoms with E-state index in [1.807, 2.05) is 0 Å². The molecular weight excluding hydrogens is 378 g/mol. The second-order valence-electron chi connectivity index (χ2n) is 9.47. The summed E-state index contributed by atoms with van der Waals surface area (Å²) in [6.45, 7) is 11.1. The Balaban J connectivity index is 1.99. The lowest BCUT2D eigenvalue weighted by atomic mass is 9.94. The van der Waals surface area contributed by atoms with Crippen molar-refractivity contribution in [2.24, 2.45) is 4.99 Å². The summed E-state index contributed by atoms with van der Waals surface area (Å²) in [7, 11) is 0.